The van der Waals surface area contributed by atoms with E-state index in [0.29, 0.717) is 12.1 Å². The first kappa shape index (κ1) is 17.5. The molecule has 0 bridgehead atoms. The van der Waals surface area contributed by atoms with Crippen LogP contribution in [0.5, 0.6) is 0 Å². The maximum absolute atomic E-state index is 8.75. The molecule has 0 radical (unpaired) electrons. The van der Waals surface area contributed by atoms with Crippen molar-refractivity contribution < 1.29 is 0 Å². The molecule has 2 aromatic rings. The monoisotopic (exact) mass is 412 g/mol. The van der Waals surface area contributed by atoms with Gasteiger partial charge in [-0.05, 0) is 40.1 Å². The Labute approximate surface area is 145 Å². The van der Waals surface area contributed by atoms with E-state index in [9.17, 15) is 0 Å². The fourth-order valence-corrected chi connectivity index (χ4v) is 2.35. The molecule has 0 saturated heterocycles. The van der Waals surface area contributed by atoms with Crippen molar-refractivity contribution in [3.63, 3.8) is 0 Å². The molecule has 1 heterocycles. The molecule has 1 aromatic carbocycles. The van der Waals surface area contributed by atoms with E-state index in [4.69, 9.17) is 5.26 Å². The van der Waals surface area contributed by atoms with Gasteiger partial charge in [0.25, 0.3) is 0 Å². The number of thiophene rings is 1. The second-order valence-corrected chi connectivity index (χ2v) is 5.00. The number of rotatable bonds is 4. The van der Waals surface area contributed by atoms with Crippen molar-refractivity contribution in [3.05, 3.63) is 57.8 Å². The summed E-state index contributed by atoms with van der Waals surface area (Å²) in [6.45, 7) is 1.44. The highest BCUT2D eigenvalue weighted by Crippen LogP contribution is 2.05. The van der Waals surface area contributed by atoms with Gasteiger partial charge in [0, 0.05) is 20.1 Å². The van der Waals surface area contributed by atoms with Gasteiger partial charge in [-0.25, -0.2) is 0 Å². The number of nitrogens with zero attached hydrogens (tertiary/aromatic N) is 2. The Morgan fingerprint density at radius 1 is 1.14 bits per heavy atom. The molecule has 2 N–H and O–H groups in total. The Morgan fingerprint density at radius 3 is 2.33 bits per heavy atom. The number of nitrogens with one attached hydrogen (secondary N) is 2. The smallest absolute Gasteiger partial charge is 0.191 e. The molecule has 2 rings (SSSR count). The molecular weight excluding hydrogens is 395 g/mol. The first-order chi connectivity index (χ1) is 9.81. The summed E-state index contributed by atoms with van der Waals surface area (Å²) in [5.74, 6) is 0.764. The summed E-state index contributed by atoms with van der Waals surface area (Å²) in [4.78, 5) is 4.18. The van der Waals surface area contributed by atoms with Crippen LogP contribution in [-0.4, -0.2) is 13.0 Å². The minimum absolute atomic E-state index is 0. The van der Waals surface area contributed by atoms with Crippen molar-refractivity contribution >= 4 is 41.3 Å². The van der Waals surface area contributed by atoms with E-state index in [1.807, 2.05) is 24.3 Å². The van der Waals surface area contributed by atoms with Gasteiger partial charge in [-0.2, -0.15) is 16.6 Å². The quantitative estimate of drug-likeness (QED) is 0.461. The lowest BCUT2D eigenvalue weighted by atomic mass is 10.1. The predicted octanol–water partition coefficient (Wildman–Crippen LogP) is 3.10. The Balaban J connectivity index is 0.00000220. The van der Waals surface area contributed by atoms with Crippen LogP contribution in [0.25, 0.3) is 0 Å². The average Bonchev–Trinajstić information content (AvgIpc) is 3.01. The molecule has 110 valence electrons. The molecule has 0 unspecified atom stereocenters. The van der Waals surface area contributed by atoms with Crippen LogP contribution in [0.15, 0.2) is 46.1 Å². The second-order valence-electron chi connectivity index (χ2n) is 4.22. The fraction of sp³-hybridized carbons (Fsp3) is 0.200. The number of nitriles is 1. The van der Waals surface area contributed by atoms with Crippen molar-refractivity contribution in [1.29, 1.82) is 5.26 Å². The SMILES string of the molecule is CN=C(NCc1ccc(C#N)cc1)NCc1ccsc1.I. The van der Waals surface area contributed by atoms with E-state index >= 15 is 0 Å². The van der Waals surface area contributed by atoms with Crippen LogP contribution in [-0.2, 0) is 13.1 Å². The van der Waals surface area contributed by atoms with E-state index in [2.05, 4.69) is 38.5 Å². The van der Waals surface area contributed by atoms with Crippen LogP contribution in [0.1, 0.15) is 16.7 Å². The minimum Gasteiger partial charge on any atom is -0.352 e. The van der Waals surface area contributed by atoms with Crippen LogP contribution >= 0.6 is 35.3 Å². The van der Waals surface area contributed by atoms with Crippen LogP contribution in [0, 0.1) is 11.3 Å². The van der Waals surface area contributed by atoms with Crippen LogP contribution < -0.4 is 10.6 Å². The van der Waals surface area contributed by atoms with Gasteiger partial charge in [0.05, 0.1) is 11.6 Å². The molecule has 0 aliphatic heterocycles. The predicted molar refractivity (Wildman–Crippen MR) is 97.9 cm³/mol. The Bertz CT molecular complexity index is 600. The highest BCUT2D eigenvalue weighted by molar-refractivity contribution is 14.0. The summed E-state index contributed by atoms with van der Waals surface area (Å²) in [5, 5.41) is 19.4. The van der Waals surface area contributed by atoms with Gasteiger partial charge < -0.3 is 10.6 Å². The maximum Gasteiger partial charge on any atom is 0.191 e. The third kappa shape index (κ3) is 5.73. The third-order valence-corrected chi connectivity index (χ3v) is 3.54. The summed E-state index contributed by atoms with van der Waals surface area (Å²) in [5.41, 5.74) is 3.03. The zero-order valence-corrected chi connectivity index (χ0v) is 14.8. The van der Waals surface area contributed by atoms with Crippen molar-refractivity contribution in [2.75, 3.05) is 7.05 Å². The first-order valence-electron chi connectivity index (χ1n) is 6.26. The van der Waals surface area contributed by atoms with Crippen molar-refractivity contribution in [2.24, 2.45) is 4.99 Å². The molecule has 0 spiro atoms. The Kier molecular flexibility index (Phi) is 7.79. The standard InChI is InChI=1S/C15H16N4S.HI/c1-17-15(19-10-14-6-7-20-11-14)18-9-13-4-2-12(8-16)3-5-13;/h2-7,11H,9-10H2,1H3,(H2,17,18,19);1H. The van der Waals surface area contributed by atoms with Crippen LogP contribution in [0.3, 0.4) is 0 Å². The Hall–Kier alpha value is -1.59. The van der Waals surface area contributed by atoms with Gasteiger partial charge in [-0.15, -0.1) is 24.0 Å². The van der Waals surface area contributed by atoms with Gasteiger partial charge in [0.2, 0.25) is 0 Å². The molecule has 0 aliphatic carbocycles. The van der Waals surface area contributed by atoms with E-state index < -0.39 is 0 Å². The van der Waals surface area contributed by atoms with Crippen molar-refractivity contribution in [2.45, 2.75) is 13.1 Å². The van der Waals surface area contributed by atoms with Crippen LogP contribution in [0.2, 0.25) is 0 Å². The zero-order chi connectivity index (χ0) is 14.2. The zero-order valence-electron chi connectivity index (χ0n) is 11.7. The molecule has 0 atom stereocenters. The van der Waals surface area contributed by atoms with Gasteiger partial charge in [-0.1, -0.05) is 12.1 Å². The molecule has 0 aliphatic rings. The largest absolute Gasteiger partial charge is 0.352 e. The number of guanidine groups is 1. The normalized spacial score (nSPS) is 10.4. The van der Waals surface area contributed by atoms with Gasteiger partial charge in [0.15, 0.2) is 5.96 Å². The fourth-order valence-electron chi connectivity index (χ4n) is 1.68. The van der Waals surface area contributed by atoms with E-state index in [0.717, 1.165) is 18.1 Å². The highest BCUT2D eigenvalue weighted by Gasteiger charge is 1.99. The summed E-state index contributed by atoms with van der Waals surface area (Å²) >= 11 is 1.69. The van der Waals surface area contributed by atoms with Crippen molar-refractivity contribution in [3.8, 4) is 6.07 Å². The topological polar surface area (TPSA) is 60.2 Å². The summed E-state index contributed by atoms with van der Waals surface area (Å²) < 4.78 is 0. The average molecular weight is 412 g/mol. The highest BCUT2D eigenvalue weighted by atomic mass is 127. The van der Waals surface area contributed by atoms with Gasteiger partial charge in [-0.3, -0.25) is 4.99 Å². The lowest BCUT2D eigenvalue weighted by molar-refractivity contribution is 0.810. The van der Waals surface area contributed by atoms with Crippen molar-refractivity contribution in [1.82, 2.24) is 10.6 Å². The summed E-state index contributed by atoms with van der Waals surface area (Å²) in [6.07, 6.45) is 0. The maximum atomic E-state index is 8.75. The second kappa shape index (κ2) is 9.37. The lowest BCUT2D eigenvalue weighted by Gasteiger charge is -2.11. The van der Waals surface area contributed by atoms with Gasteiger partial charge >= 0.3 is 0 Å². The number of hydrogen-bond acceptors (Lipinski definition) is 3. The van der Waals surface area contributed by atoms with Gasteiger partial charge in [0.1, 0.15) is 0 Å². The van der Waals surface area contributed by atoms with E-state index in [-0.39, 0.29) is 24.0 Å². The minimum atomic E-state index is 0. The molecule has 21 heavy (non-hydrogen) atoms. The van der Waals surface area contributed by atoms with Crippen LogP contribution in [0.4, 0.5) is 0 Å². The summed E-state index contributed by atoms with van der Waals surface area (Å²) in [7, 11) is 1.75. The molecule has 6 heteroatoms. The number of hydrogen-bond donors (Lipinski definition) is 2. The molecule has 0 amide bonds. The molecule has 1 aromatic heterocycles. The Morgan fingerprint density at radius 2 is 1.81 bits per heavy atom. The number of aliphatic imine (C=N–C) groups is 1. The number of benzene rings is 1. The third-order valence-electron chi connectivity index (χ3n) is 2.81. The van der Waals surface area contributed by atoms with E-state index in [1.165, 1.54) is 5.56 Å². The molecule has 0 saturated carbocycles. The summed E-state index contributed by atoms with van der Waals surface area (Å²) in [6, 6.07) is 11.7. The molecular formula is C15H17IN4S. The molecule has 0 fully saturated rings. The number of halogens is 1. The lowest BCUT2D eigenvalue weighted by Crippen LogP contribution is -2.36. The molecule has 4 nitrogen and oxygen atoms in total. The van der Waals surface area contributed by atoms with E-state index in [1.54, 1.807) is 18.4 Å². The first-order valence-corrected chi connectivity index (χ1v) is 7.20.